The first-order valence-electron chi connectivity index (χ1n) is 12.8. The van der Waals surface area contributed by atoms with Crippen LogP contribution in [0.1, 0.15) is 42.1 Å². The van der Waals surface area contributed by atoms with Crippen LogP contribution in [0, 0.1) is 0 Å². The fraction of sp³-hybridized carbons (Fsp3) is 0.333. The summed E-state index contributed by atoms with van der Waals surface area (Å²) in [5.41, 5.74) is 1.63. The number of rotatable bonds is 9. The van der Waals surface area contributed by atoms with Gasteiger partial charge >= 0.3 is 0 Å². The third-order valence-electron chi connectivity index (χ3n) is 6.89. The first kappa shape index (κ1) is 25.5. The van der Waals surface area contributed by atoms with Crippen LogP contribution in [0.15, 0.2) is 88.3 Å². The second-order valence-corrected chi connectivity index (χ2v) is 10.4. The van der Waals surface area contributed by atoms with Gasteiger partial charge in [-0.25, -0.2) is 4.99 Å². The number of halogens is 1. The Balaban J connectivity index is 1.56. The van der Waals surface area contributed by atoms with E-state index in [9.17, 15) is 4.79 Å². The Labute approximate surface area is 226 Å². The van der Waals surface area contributed by atoms with Gasteiger partial charge in [0.2, 0.25) is 5.90 Å². The average molecular weight is 563 g/mol. The van der Waals surface area contributed by atoms with Gasteiger partial charge in [0.05, 0.1) is 6.61 Å². The number of benzene rings is 3. The Bertz CT molecular complexity index is 1220. The topological polar surface area (TPSA) is 71.4 Å². The number of hydrogen-bond acceptors (Lipinski definition) is 5. The van der Waals surface area contributed by atoms with Crippen molar-refractivity contribution < 1.29 is 19.4 Å². The lowest BCUT2D eigenvalue weighted by Crippen LogP contribution is -2.50. The first-order chi connectivity index (χ1) is 18.1. The molecule has 0 spiro atoms. The number of likely N-dealkylation sites (tertiary alicyclic amines) is 1. The number of hydrogen-bond donors (Lipinski definition) is 1. The van der Waals surface area contributed by atoms with Crippen molar-refractivity contribution in [3.63, 3.8) is 0 Å². The lowest BCUT2D eigenvalue weighted by atomic mass is 9.81. The molecule has 5 rings (SSSR count). The summed E-state index contributed by atoms with van der Waals surface area (Å²) in [6.07, 6.45) is 2.46. The summed E-state index contributed by atoms with van der Waals surface area (Å²) in [5.74, 6) is 1.19. The van der Waals surface area contributed by atoms with Crippen molar-refractivity contribution in [3.8, 4) is 5.75 Å². The molecular formula is C30H31BrN2O4. The Morgan fingerprint density at radius 2 is 1.73 bits per heavy atom. The summed E-state index contributed by atoms with van der Waals surface area (Å²) in [6, 6.07) is 25.6. The number of ether oxygens (including phenoxy) is 2. The fourth-order valence-corrected chi connectivity index (χ4v) is 5.27. The van der Waals surface area contributed by atoms with Gasteiger partial charge in [0.1, 0.15) is 5.75 Å². The minimum atomic E-state index is -1.12. The van der Waals surface area contributed by atoms with Crippen LogP contribution in [0.2, 0.25) is 0 Å². The quantitative estimate of drug-likeness (QED) is 0.358. The van der Waals surface area contributed by atoms with E-state index in [0.29, 0.717) is 31.1 Å². The zero-order chi connectivity index (χ0) is 25.7. The molecule has 2 aliphatic heterocycles. The standard InChI is InChI=1S/C30H31BrN2O4/c31-25-13-9-22(10-14-25)21-30(29(35)33-17-4-5-18-33)27(23-7-2-1-3-8-23)37-28(32-30)24-11-15-26(16-12-24)36-20-6-19-34/h1-3,7-16,27,34H,4-6,17-21H2/t27-,30-/m1/s1. The van der Waals surface area contributed by atoms with E-state index in [4.69, 9.17) is 19.6 Å². The van der Waals surface area contributed by atoms with Crippen molar-refractivity contribution in [2.75, 3.05) is 26.3 Å². The van der Waals surface area contributed by atoms with Crippen LogP contribution in [0.25, 0.3) is 0 Å². The Kier molecular flexibility index (Phi) is 7.91. The molecule has 0 aliphatic carbocycles. The van der Waals surface area contributed by atoms with Crippen molar-refractivity contribution in [1.82, 2.24) is 4.90 Å². The second kappa shape index (κ2) is 11.5. The molecule has 37 heavy (non-hydrogen) atoms. The summed E-state index contributed by atoms with van der Waals surface area (Å²) in [7, 11) is 0. The summed E-state index contributed by atoms with van der Waals surface area (Å²) in [4.78, 5) is 21.4. The van der Waals surface area contributed by atoms with Crippen LogP contribution in [0.3, 0.4) is 0 Å². The summed E-state index contributed by atoms with van der Waals surface area (Å²) >= 11 is 3.52. The molecule has 1 fully saturated rings. The highest BCUT2D eigenvalue weighted by Gasteiger charge is 2.55. The van der Waals surface area contributed by atoms with Crippen molar-refractivity contribution in [2.24, 2.45) is 4.99 Å². The highest BCUT2D eigenvalue weighted by atomic mass is 79.9. The minimum absolute atomic E-state index is 0.0146. The predicted molar refractivity (Wildman–Crippen MR) is 147 cm³/mol. The third kappa shape index (κ3) is 5.58. The zero-order valence-corrected chi connectivity index (χ0v) is 22.3. The number of aliphatic imine (C=N–C) groups is 1. The van der Waals surface area contributed by atoms with Gasteiger partial charge in [-0.1, -0.05) is 58.4 Å². The molecular weight excluding hydrogens is 532 g/mol. The molecule has 1 N–H and O–H groups in total. The molecule has 192 valence electrons. The van der Waals surface area contributed by atoms with Gasteiger partial charge in [-0.3, -0.25) is 4.79 Å². The molecule has 0 bridgehead atoms. The van der Waals surface area contributed by atoms with Gasteiger partial charge in [-0.2, -0.15) is 0 Å². The van der Waals surface area contributed by atoms with Crippen molar-refractivity contribution in [2.45, 2.75) is 37.3 Å². The normalized spacial score (nSPS) is 21.0. The van der Waals surface area contributed by atoms with Crippen molar-refractivity contribution in [1.29, 1.82) is 0 Å². The maximum Gasteiger partial charge on any atom is 0.255 e. The highest BCUT2D eigenvalue weighted by Crippen LogP contribution is 2.44. The van der Waals surface area contributed by atoms with E-state index in [1.807, 2.05) is 83.8 Å². The molecule has 0 saturated carbocycles. The number of aliphatic hydroxyl groups excluding tert-OH is 1. The van der Waals surface area contributed by atoms with E-state index in [1.54, 1.807) is 0 Å². The first-order valence-corrected chi connectivity index (χ1v) is 13.6. The zero-order valence-electron chi connectivity index (χ0n) is 20.7. The molecule has 6 nitrogen and oxygen atoms in total. The molecule has 0 aromatic heterocycles. The lowest BCUT2D eigenvalue weighted by Gasteiger charge is -2.34. The van der Waals surface area contributed by atoms with Crippen LogP contribution < -0.4 is 4.74 Å². The number of amides is 1. The average Bonchev–Trinajstić information content (AvgIpc) is 3.60. The van der Waals surface area contributed by atoms with Gasteiger partial charge < -0.3 is 19.5 Å². The maximum absolute atomic E-state index is 14.3. The molecule has 2 atom stereocenters. The van der Waals surface area contributed by atoms with Crippen LogP contribution in [-0.4, -0.2) is 53.7 Å². The van der Waals surface area contributed by atoms with Gasteiger partial charge in [0.15, 0.2) is 11.6 Å². The number of nitrogens with zero attached hydrogens (tertiary/aromatic N) is 2. The van der Waals surface area contributed by atoms with Crippen LogP contribution in [-0.2, 0) is 16.0 Å². The minimum Gasteiger partial charge on any atom is -0.494 e. The summed E-state index contributed by atoms with van der Waals surface area (Å²) < 4.78 is 13.3. The largest absolute Gasteiger partial charge is 0.494 e. The van der Waals surface area contributed by atoms with Gasteiger partial charge in [-0.15, -0.1) is 0 Å². The van der Waals surface area contributed by atoms with E-state index in [-0.39, 0.29) is 12.5 Å². The molecule has 1 amide bonds. The predicted octanol–water partition coefficient (Wildman–Crippen LogP) is 5.33. The number of aliphatic hydroxyl groups is 1. The molecule has 7 heteroatoms. The molecule has 2 heterocycles. The smallest absolute Gasteiger partial charge is 0.255 e. The maximum atomic E-state index is 14.3. The van der Waals surface area contributed by atoms with E-state index in [2.05, 4.69) is 15.9 Å². The van der Waals surface area contributed by atoms with Crippen molar-refractivity contribution in [3.05, 3.63) is 100 Å². The monoisotopic (exact) mass is 562 g/mol. The Hall–Kier alpha value is -3.16. The Morgan fingerprint density at radius 3 is 2.41 bits per heavy atom. The van der Waals surface area contributed by atoms with Crippen LogP contribution in [0.4, 0.5) is 0 Å². The number of carbonyl (C=O) groups excluding carboxylic acids is 1. The van der Waals surface area contributed by atoms with E-state index >= 15 is 0 Å². The van der Waals surface area contributed by atoms with Gasteiger partial charge in [-0.05, 0) is 60.4 Å². The SMILES string of the molecule is O=C(N1CCCC1)[C@]1(Cc2ccc(Br)cc2)N=C(c2ccc(OCCCO)cc2)O[C@@H]1c1ccccc1. The molecule has 0 radical (unpaired) electrons. The molecule has 3 aromatic rings. The van der Waals surface area contributed by atoms with Gasteiger partial charge in [0.25, 0.3) is 5.91 Å². The second-order valence-electron chi connectivity index (χ2n) is 9.50. The van der Waals surface area contributed by atoms with E-state index in [0.717, 1.165) is 47.1 Å². The molecule has 2 aliphatic rings. The highest BCUT2D eigenvalue weighted by molar-refractivity contribution is 9.10. The lowest BCUT2D eigenvalue weighted by molar-refractivity contribution is -0.138. The third-order valence-corrected chi connectivity index (χ3v) is 7.42. The fourth-order valence-electron chi connectivity index (χ4n) is 5.00. The van der Waals surface area contributed by atoms with Gasteiger partial charge in [0, 0.05) is 42.6 Å². The molecule has 3 aromatic carbocycles. The molecule has 1 saturated heterocycles. The summed E-state index contributed by atoms with van der Waals surface area (Å²) in [5, 5.41) is 9.00. The molecule has 0 unspecified atom stereocenters. The van der Waals surface area contributed by atoms with Crippen molar-refractivity contribution >= 4 is 27.7 Å². The number of carbonyl (C=O) groups is 1. The van der Waals surface area contributed by atoms with Crippen LogP contribution in [0.5, 0.6) is 5.75 Å². The van der Waals surface area contributed by atoms with E-state index in [1.165, 1.54) is 0 Å². The summed E-state index contributed by atoms with van der Waals surface area (Å²) in [6.45, 7) is 2.03. The van der Waals surface area contributed by atoms with E-state index < -0.39 is 11.6 Å². The van der Waals surface area contributed by atoms with Crippen LogP contribution >= 0.6 is 15.9 Å². The Morgan fingerprint density at radius 1 is 1.03 bits per heavy atom.